The van der Waals surface area contributed by atoms with Crippen molar-refractivity contribution in [2.24, 2.45) is 11.8 Å². The zero-order chi connectivity index (χ0) is 14.7. The van der Waals surface area contributed by atoms with Gasteiger partial charge in [-0.25, -0.2) is 4.79 Å². The standard InChI is InChI=1S/C13H15NO6/c1-2-5-14-9(12(18)19)13-4-3-6(20-13)7(11(16)17)8(13)10(14)15/h3-4,6-9H,2,5H2,1H3,(H,16,17)(H,18,19). The fourth-order valence-corrected chi connectivity index (χ4v) is 3.71. The Labute approximate surface area is 114 Å². The molecule has 108 valence electrons. The molecule has 3 aliphatic heterocycles. The number of ether oxygens (including phenoxy) is 1. The van der Waals surface area contributed by atoms with Crippen LogP contribution >= 0.6 is 0 Å². The lowest BCUT2D eigenvalue weighted by Gasteiger charge is -2.29. The highest BCUT2D eigenvalue weighted by Gasteiger charge is 2.73. The van der Waals surface area contributed by atoms with E-state index in [9.17, 15) is 24.6 Å². The number of fused-ring (bicyclic) bond motifs is 1. The van der Waals surface area contributed by atoms with Gasteiger partial charge in [0.2, 0.25) is 5.91 Å². The maximum absolute atomic E-state index is 12.5. The maximum Gasteiger partial charge on any atom is 0.329 e. The molecule has 3 heterocycles. The zero-order valence-electron chi connectivity index (χ0n) is 10.9. The van der Waals surface area contributed by atoms with E-state index >= 15 is 0 Å². The smallest absolute Gasteiger partial charge is 0.329 e. The van der Waals surface area contributed by atoms with Crippen molar-refractivity contribution in [1.82, 2.24) is 4.90 Å². The van der Waals surface area contributed by atoms with Crippen molar-refractivity contribution in [2.45, 2.75) is 31.1 Å². The molecule has 3 rings (SSSR count). The summed E-state index contributed by atoms with van der Waals surface area (Å²) in [6.07, 6.45) is 3.01. The van der Waals surface area contributed by atoms with E-state index in [2.05, 4.69) is 0 Å². The quantitative estimate of drug-likeness (QED) is 0.687. The normalized spacial score (nSPS) is 41.2. The third-order valence-electron chi connectivity index (χ3n) is 4.36. The molecule has 2 fully saturated rings. The second-order valence-electron chi connectivity index (χ2n) is 5.41. The Bertz CT molecular complexity index is 529. The van der Waals surface area contributed by atoms with E-state index < -0.39 is 47.4 Å². The van der Waals surface area contributed by atoms with Gasteiger partial charge >= 0.3 is 11.9 Å². The Morgan fingerprint density at radius 2 is 2.10 bits per heavy atom. The van der Waals surface area contributed by atoms with Crippen molar-refractivity contribution in [3.05, 3.63) is 12.2 Å². The summed E-state index contributed by atoms with van der Waals surface area (Å²) in [5, 5.41) is 18.8. The third kappa shape index (κ3) is 1.35. The third-order valence-corrected chi connectivity index (χ3v) is 4.36. The van der Waals surface area contributed by atoms with Gasteiger partial charge in [0.25, 0.3) is 0 Å². The van der Waals surface area contributed by atoms with Gasteiger partial charge < -0.3 is 19.8 Å². The highest BCUT2D eigenvalue weighted by molar-refractivity contribution is 5.97. The number of carboxylic acids is 2. The molecule has 7 nitrogen and oxygen atoms in total. The van der Waals surface area contributed by atoms with Crippen molar-refractivity contribution in [3.8, 4) is 0 Å². The number of hydrogen-bond donors (Lipinski definition) is 2. The number of rotatable bonds is 4. The van der Waals surface area contributed by atoms with E-state index in [0.29, 0.717) is 6.42 Å². The second kappa shape index (κ2) is 4.05. The Kier molecular flexibility index (Phi) is 2.66. The number of carbonyl (C=O) groups is 3. The van der Waals surface area contributed by atoms with Crippen molar-refractivity contribution >= 4 is 17.8 Å². The summed E-state index contributed by atoms with van der Waals surface area (Å²) in [7, 11) is 0. The van der Waals surface area contributed by atoms with Crippen LogP contribution in [0.25, 0.3) is 0 Å². The van der Waals surface area contributed by atoms with Gasteiger partial charge in [0.05, 0.1) is 12.0 Å². The number of carbonyl (C=O) groups excluding carboxylic acids is 1. The van der Waals surface area contributed by atoms with E-state index in [1.165, 1.54) is 4.90 Å². The molecular weight excluding hydrogens is 266 g/mol. The fourth-order valence-electron chi connectivity index (χ4n) is 3.71. The first-order valence-corrected chi connectivity index (χ1v) is 6.57. The minimum atomic E-state index is -1.33. The van der Waals surface area contributed by atoms with E-state index in [1.807, 2.05) is 6.92 Å². The van der Waals surface area contributed by atoms with Crippen LogP contribution in [0.5, 0.6) is 0 Å². The van der Waals surface area contributed by atoms with Gasteiger partial charge in [0, 0.05) is 6.54 Å². The molecular formula is C13H15NO6. The number of hydrogen-bond acceptors (Lipinski definition) is 4. The molecule has 0 saturated carbocycles. The summed E-state index contributed by atoms with van der Waals surface area (Å²) in [5.41, 5.74) is -1.33. The van der Waals surface area contributed by atoms with Gasteiger partial charge in [0.15, 0.2) is 6.04 Å². The molecule has 0 aromatic rings. The van der Waals surface area contributed by atoms with Crippen molar-refractivity contribution < 1.29 is 29.3 Å². The van der Waals surface area contributed by atoms with Crippen molar-refractivity contribution in [1.29, 1.82) is 0 Å². The van der Waals surface area contributed by atoms with Crippen LogP contribution in [-0.2, 0) is 19.1 Å². The average molecular weight is 281 g/mol. The first-order chi connectivity index (χ1) is 9.44. The van der Waals surface area contributed by atoms with E-state index in [1.54, 1.807) is 12.2 Å². The number of carboxylic acid groups (broad SMARTS) is 2. The predicted molar refractivity (Wildman–Crippen MR) is 64.8 cm³/mol. The maximum atomic E-state index is 12.5. The van der Waals surface area contributed by atoms with Crippen LogP contribution < -0.4 is 0 Å². The Morgan fingerprint density at radius 3 is 2.65 bits per heavy atom. The van der Waals surface area contributed by atoms with Gasteiger partial charge in [-0.1, -0.05) is 19.1 Å². The monoisotopic (exact) mass is 281 g/mol. The zero-order valence-corrected chi connectivity index (χ0v) is 10.9. The molecule has 2 N–H and O–H groups in total. The first kappa shape index (κ1) is 13.1. The van der Waals surface area contributed by atoms with Crippen LogP contribution in [0.2, 0.25) is 0 Å². The van der Waals surface area contributed by atoms with E-state index in [0.717, 1.165) is 0 Å². The van der Waals surface area contributed by atoms with Crippen LogP contribution in [0.3, 0.4) is 0 Å². The summed E-state index contributed by atoms with van der Waals surface area (Å²) in [6, 6.07) is -1.15. The molecule has 2 saturated heterocycles. The van der Waals surface area contributed by atoms with Crippen LogP contribution in [-0.4, -0.2) is 57.3 Å². The Morgan fingerprint density at radius 1 is 1.40 bits per heavy atom. The topological polar surface area (TPSA) is 104 Å². The predicted octanol–water partition coefficient (Wildman–Crippen LogP) is -0.284. The summed E-state index contributed by atoms with van der Waals surface area (Å²) < 4.78 is 5.64. The number of aliphatic carboxylic acids is 2. The molecule has 2 bridgehead atoms. The Balaban J connectivity index is 2.09. The molecule has 0 aliphatic carbocycles. The molecule has 1 spiro atoms. The van der Waals surface area contributed by atoms with Crippen molar-refractivity contribution in [3.63, 3.8) is 0 Å². The molecule has 3 aliphatic rings. The average Bonchev–Trinajstić information content (AvgIpc) is 2.98. The largest absolute Gasteiger partial charge is 0.481 e. The molecule has 0 aromatic carbocycles. The van der Waals surface area contributed by atoms with Crippen molar-refractivity contribution in [2.75, 3.05) is 6.54 Å². The molecule has 7 heteroatoms. The number of nitrogens with zero attached hydrogens (tertiary/aromatic N) is 1. The van der Waals surface area contributed by atoms with Gasteiger partial charge in [-0.05, 0) is 6.42 Å². The van der Waals surface area contributed by atoms with Crippen LogP contribution in [0, 0.1) is 11.8 Å². The summed E-state index contributed by atoms with van der Waals surface area (Å²) in [5.74, 6) is -4.66. The Hall–Kier alpha value is -1.89. The van der Waals surface area contributed by atoms with Crippen LogP contribution in [0.4, 0.5) is 0 Å². The molecule has 20 heavy (non-hydrogen) atoms. The fraction of sp³-hybridized carbons (Fsp3) is 0.615. The SMILES string of the molecule is CCCN1C(=O)C2C(C(=O)O)C3C=CC2(O3)C1C(=O)O. The van der Waals surface area contributed by atoms with Crippen LogP contribution in [0.15, 0.2) is 12.2 Å². The molecule has 1 amide bonds. The molecule has 0 radical (unpaired) electrons. The van der Waals surface area contributed by atoms with Gasteiger partial charge in [-0.3, -0.25) is 9.59 Å². The summed E-state index contributed by atoms with van der Waals surface area (Å²) in [4.78, 5) is 36.7. The molecule has 5 atom stereocenters. The molecule has 5 unspecified atom stereocenters. The second-order valence-corrected chi connectivity index (χ2v) is 5.41. The van der Waals surface area contributed by atoms with Gasteiger partial charge in [0.1, 0.15) is 11.5 Å². The number of likely N-dealkylation sites (tertiary alicyclic amines) is 1. The minimum Gasteiger partial charge on any atom is -0.481 e. The highest BCUT2D eigenvalue weighted by Crippen LogP contribution is 2.54. The summed E-state index contributed by atoms with van der Waals surface area (Å²) in [6.45, 7) is 2.11. The minimum absolute atomic E-state index is 0.280. The van der Waals surface area contributed by atoms with E-state index in [-0.39, 0.29) is 6.54 Å². The highest BCUT2D eigenvalue weighted by atomic mass is 16.5. The molecule has 0 aromatic heterocycles. The lowest BCUT2D eigenvalue weighted by Crippen LogP contribution is -2.50. The number of amides is 1. The summed E-state index contributed by atoms with van der Waals surface area (Å²) >= 11 is 0. The lowest BCUT2D eigenvalue weighted by atomic mass is 9.75. The first-order valence-electron chi connectivity index (χ1n) is 6.57. The van der Waals surface area contributed by atoms with Gasteiger partial charge in [-0.15, -0.1) is 0 Å². The van der Waals surface area contributed by atoms with E-state index in [4.69, 9.17) is 4.74 Å². The van der Waals surface area contributed by atoms with Gasteiger partial charge in [-0.2, -0.15) is 0 Å². The van der Waals surface area contributed by atoms with Crippen LogP contribution in [0.1, 0.15) is 13.3 Å². The lowest BCUT2D eigenvalue weighted by molar-refractivity contribution is -0.153.